The quantitative estimate of drug-likeness (QED) is 0.538. The summed E-state index contributed by atoms with van der Waals surface area (Å²) in [5.41, 5.74) is 0. The molecule has 0 saturated heterocycles. The van der Waals surface area contributed by atoms with E-state index in [1.807, 2.05) is 0 Å². The first-order valence-electron chi connectivity index (χ1n) is 3.74. The van der Waals surface area contributed by atoms with Crippen LogP contribution in [0.3, 0.4) is 0 Å². The van der Waals surface area contributed by atoms with Crippen LogP contribution in [0.5, 0.6) is 0 Å². The van der Waals surface area contributed by atoms with Crippen molar-refractivity contribution in [1.29, 1.82) is 0 Å². The lowest BCUT2D eigenvalue weighted by atomic mass is 10.3. The number of methoxy groups -OCH3 is 1. The van der Waals surface area contributed by atoms with Crippen molar-refractivity contribution in [2.24, 2.45) is 0 Å². The van der Waals surface area contributed by atoms with Gasteiger partial charge in [0.1, 0.15) is 0 Å². The second kappa shape index (κ2) is 6.10. The first-order chi connectivity index (χ1) is 6.10. The lowest BCUT2D eigenvalue weighted by Gasteiger charge is -2.14. The van der Waals surface area contributed by atoms with Crippen LogP contribution in [0.15, 0.2) is 0 Å². The highest BCUT2D eigenvalue weighted by atomic mass is 16.8. The van der Waals surface area contributed by atoms with Crippen LogP contribution in [0.2, 0.25) is 0 Å². The highest BCUT2D eigenvalue weighted by Crippen LogP contribution is 2.05. The molecular formula is C7H12O6. The minimum atomic E-state index is -1.48. The molecule has 0 aliphatic heterocycles. The van der Waals surface area contributed by atoms with Crippen molar-refractivity contribution in [3.63, 3.8) is 0 Å². The van der Waals surface area contributed by atoms with Crippen LogP contribution in [0, 0.1) is 0 Å². The Morgan fingerprint density at radius 3 is 2.38 bits per heavy atom. The number of carboxylic acid groups (broad SMARTS) is 1. The molecule has 6 heteroatoms. The second-order valence-electron chi connectivity index (χ2n) is 2.17. The summed E-state index contributed by atoms with van der Waals surface area (Å²) >= 11 is 0. The van der Waals surface area contributed by atoms with Gasteiger partial charge < -0.3 is 19.3 Å². The van der Waals surface area contributed by atoms with Crippen molar-refractivity contribution in [3.8, 4) is 0 Å². The smallest absolute Gasteiger partial charge is 0.450 e. The Morgan fingerprint density at radius 2 is 2.00 bits per heavy atom. The van der Waals surface area contributed by atoms with Gasteiger partial charge in [0.15, 0.2) is 0 Å². The van der Waals surface area contributed by atoms with Gasteiger partial charge >= 0.3 is 12.3 Å². The highest BCUT2D eigenvalue weighted by molar-refractivity contribution is 5.60. The van der Waals surface area contributed by atoms with Crippen molar-refractivity contribution >= 4 is 12.3 Å². The van der Waals surface area contributed by atoms with Gasteiger partial charge in [-0.1, -0.05) is 6.92 Å². The predicted molar refractivity (Wildman–Crippen MR) is 41.3 cm³/mol. The molecule has 0 aromatic rings. The summed E-state index contributed by atoms with van der Waals surface area (Å²) in [6, 6.07) is 0. The average Bonchev–Trinajstić information content (AvgIpc) is 2.03. The maximum atomic E-state index is 10.6. The van der Waals surface area contributed by atoms with Crippen LogP contribution in [-0.4, -0.2) is 30.8 Å². The summed E-state index contributed by atoms with van der Waals surface area (Å²) in [6.45, 7) is 1.80. The number of rotatable bonds is 4. The third-order valence-corrected chi connectivity index (χ3v) is 1.15. The van der Waals surface area contributed by atoms with Gasteiger partial charge in [0, 0.05) is 6.42 Å². The van der Waals surface area contributed by atoms with Gasteiger partial charge in [0.05, 0.1) is 7.11 Å². The van der Waals surface area contributed by atoms with Gasteiger partial charge in [-0.15, -0.1) is 0 Å². The molecule has 0 aliphatic carbocycles. The fraction of sp³-hybridized carbons (Fsp3) is 0.714. The summed E-state index contributed by atoms with van der Waals surface area (Å²) in [5, 5.41) is 8.24. The van der Waals surface area contributed by atoms with E-state index in [4.69, 9.17) is 5.11 Å². The molecule has 1 unspecified atom stereocenters. The van der Waals surface area contributed by atoms with Crippen LogP contribution in [-0.2, 0) is 14.2 Å². The average molecular weight is 192 g/mol. The van der Waals surface area contributed by atoms with E-state index in [0.29, 0.717) is 12.8 Å². The molecule has 0 spiro atoms. The molecule has 6 nitrogen and oxygen atoms in total. The van der Waals surface area contributed by atoms with E-state index in [9.17, 15) is 9.59 Å². The zero-order chi connectivity index (χ0) is 10.3. The molecule has 0 aliphatic rings. The Balaban J connectivity index is 3.93. The maximum absolute atomic E-state index is 10.6. The van der Waals surface area contributed by atoms with Crippen LogP contribution < -0.4 is 0 Å². The lowest BCUT2D eigenvalue weighted by Crippen LogP contribution is -2.23. The molecule has 0 heterocycles. The van der Waals surface area contributed by atoms with Gasteiger partial charge in [-0.3, -0.25) is 0 Å². The number of hydrogen-bond donors (Lipinski definition) is 1. The standard InChI is InChI=1S/C7H12O6/c1-3-4-5(12-6(8)9)13-7(10)11-2/h5H,3-4H2,1-2H3,(H,8,9). The molecule has 0 fully saturated rings. The molecule has 76 valence electrons. The highest BCUT2D eigenvalue weighted by Gasteiger charge is 2.17. The van der Waals surface area contributed by atoms with Crippen LogP contribution >= 0.6 is 0 Å². The number of hydrogen-bond acceptors (Lipinski definition) is 5. The molecular weight excluding hydrogens is 180 g/mol. The molecule has 13 heavy (non-hydrogen) atoms. The second-order valence-corrected chi connectivity index (χ2v) is 2.17. The SMILES string of the molecule is CCCC(OC(=O)O)OC(=O)OC. The van der Waals surface area contributed by atoms with E-state index in [1.165, 1.54) is 0 Å². The van der Waals surface area contributed by atoms with E-state index in [1.54, 1.807) is 6.92 Å². The van der Waals surface area contributed by atoms with Crippen molar-refractivity contribution in [3.05, 3.63) is 0 Å². The molecule has 0 saturated carbocycles. The van der Waals surface area contributed by atoms with Gasteiger partial charge in [-0.05, 0) is 6.42 Å². The molecule has 0 rings (SSSR count). The Morgan fingerprint density at radius 1 is 1.38 bits per heavy atom. The number of carbonyl (C=O) groups excluding carboxylic acids is 1. The van der Waals surface area contributed by atoms with E-state index in [2.05, 4.69) is 14.2 Å². The normalized spacial score (nSPS) is 11.5. The summed E-state index contributed by atoms with van der Waals surface area (Å²) in [6.07, 6.45) is -2.59. The van der Waals surface area contributed by atoms with Crippen molar-refractivity contribution in [2.45, 2.75) is 26.1 Å². The molecule has 0 amide bonds. The van der Waals surface area contributed by atoms with E-state index in [0.717, 1.165) is 7.11 Å². The molecule has 1 atom stereocenters. The third-order valence-electron chi connectivity index (χ3n) is 1.15. The van der Waals surface area contributed by atoms with Crippen LogP contribution in [0.4, 0.5) is 9.59 Å². The van der Waals surface area contributed by atoms with Gasteiger partial charge in [-0.2, -0.15) is 0 Å². The third kappa shape index (κ3) is 5.77. The zero-order valence-corrected chi connectivity index (χ0v) is 7.48. The van der Waals surface area contributed by atoms with Crippen molar-refractivity contribution < 1.29 is 28.9 Å². The lowest BCUT2D eigenvalue weighted by molar-refractivity contribution is -0.0978. The Kier molecular flexibility index (Phi) is 5.42. The summed E-state index contributed by atoms with van der Waals surface area (Å²) in [4.78, 5) is 20.7. The van der Waals surface area contributed by atoms with Crippen molar-refractivity contribution in [1.82, 2.24) is 0 Å². The van der Waals surface area contributed by atoms with E-state index in [-0.39, 0.29) is 0 Å². The molecule has 1 N–H and O–H groups in total. The zero-order valence-electron chi connectivity index (χ0n) is 7.48. The minimum absolute atomic E-state index is 0.307. The molecule has 0 radical (unpaired) electrons. The largest absolute Gasteiger partial charge is 0.511 e. The summed E-state index contributed by atoms with van der Waals surface area (Å²) in [7, 11) is 1.13. The fourth-order valence-corrected chi connectivity index (χ4v) is 0.645. The number of carbonyl (C=O) groups is 2. The topological polar surface area (TPSA) is 82.1 Å². The van der Waals surface area contributed by atoms with Gasteiger partial charge in [0.25, 0.3) is 6.29 Å². The van der Waals surface area contributed by atoms with Crippen LogP contribution in [0.25, 0.3) is 0 Å². The summed E-state index contributed by atoms with van der Waals surface area (Å²) in [5.74, 6) is 0. The van der Waals surface area contributed by atoms with Gasteiger partial charge in [-0.25, -0.2) is 9.59 Å². The predicted octanol–water partition coefficient (Wildman–Crippen LogP) is 1.59. The first kappa shape index (κ1) is 11.5. The maximum Gasteiger partial charge on any atom is 0.511 e. The fourth-order valence-electron chi connectivity index (χ4n) is 0.645. The Hall–Kier alpha value is -1.46. The number of ether oxygens (including phenoxy) is 3. The van der Waals surface area contributed by atoms with Gasteiger partial charge in [0.2, 0.25) is 0 Å². The summed E-state index contributed by atoms with van der Waals surface area (Å²) < 4.78 is 12.9. The minimum Gasteiger partial charge on any atom is -0.450 e. The van der Waals surface area contributed by atoms with E-state index < -0.39 is 18.6 Å². The molecule has 0 aromatic heterocycles. The molecule has 0 bridgehead atoms. The molecule has 0 aromatic carbocycles. The monoisotopic (exact) mass is 192 g/mol. The van der Waals surface area contributed by atoms with Crippen molar-refractivity contribution in [2.75, 3.05) is 7.11 Å². The Bertz CT molecular complexity index is 178. The first-order valence-corrected chi connectivity index (χ1v) is 3.74. The Labute approximate surface area is 75.4 Å². The van der Waals surface area contributed by atoms with E-state index >= 15 is 0 Å². The van der Waals surface area contributed by atoms with Crippen LogP contribution in [0.1, 0.15) is 19.8 Å².